The normalized spacial score (nSPS) is 18.1. The molecule has 138 valence electrons. The van der Waals surface area contributed by atoms with E-state index in [-0.39, 0.29) is 18.2 Å². The van der Waals surface area contributed by atoms with Gasteiger partial charge in [0.1, 0.15) is 11.6 Å². The predicted molar refractivity (Wildman–Crippen MR) is 101 cm³/mol. The lowest BCUT2D eigenvalue weighted by Crippen LogP contribution is -2.39. The average Bonchev–Trinajstić information content (AvgIpc) is 2.68. The van der Waals surface area contributed by atoms with Gasteiger partial charge in [0.2, 0.25) is 0 Å². The minimum Gasteiger partial charge on any atom is -0.387 e. The smallest absolute Gasteiger partial charge is 0.131 e. The maximum Gasteiger partial charge on any atom is 0.131 e. The van der Waals surface area contributed by atoms with E-state index in [1.165, 1.54) is 29.3 Å². The molecule has 1 N–H and O–H groups in total. The summed E-state index contributed by atoms with van der Waals surface area (Å²) < 4.78 is 28.2. The quantitative estimate of drug-likeness (QED) is 0.728. The van der Waals surface area contributed by atoms with Crippen LogP contribution >= 0.6 is 0 Å². The highest BCUT2D eigenvalue weighted by atomic mass is 19.1. The fourth-order valence-electron chi connectivity index (χ4n) is 3.98. The van der Waals surface area contributed by atoms with Crippen molar-refractivity contribution in [3.63, 3.8) is 0 Å². The molecule has 1 heterocycles. The molecule has 0 spiro atoms. The number of hydrogen-bond donors (Lipinski definition) is 1. The Labute approximate surface area is 157 Å². The van der Waals surface area contributed by atoms with Crippen molar-refractivity contribution in [1.29, 1.82) is 0 Å². The topological polar surface area (TPSA) is 23.5 Å². The molecule has 4 heteroatoms. The summed E-state index contributed by atoms with van der Waals surface area (Å²) in [5.74, 6) is -1.42. The van der Waals surface area contributed by atoms with E-state index in [4.69, 9.17) is 0 Å². The summed E-state index contributed by atoms with van der Waals surface area (Å²) in [6.45, 7) is 0.870. The summed E-state index contributed by atoms with van der Waals surface area (Å²) in [6, 6.07) is 21.9. The van der Waals surface area contributed by atoms with Crippen molar-refractivity contribution in [3.05, 3.63) is 107 Å². The van der Waals surface area contributed by atoms with E-state index in [0.29, 0.717) is 6.54 Å². The first-order valence-electron chi connectivity index (χ1n) is 9.14. The second-order valence-electron chi connectivity index (χ2n) is 6.91. The third-order valence-electron chi connectivity index (χ3n) is 5.24. The van der Waals surface area contributed by atoms with Crippen molar-refractivity contribution in [2.24, 2.45) is 0 Å². The van der Waals surface area contributed by atoms with E-state index in [9.17, 15) is 13.9 Å². The molecule has 0 aromatic heterocycles. The number of β-amino-alcohol motifs (C(OH)–C–C–N with tert-alkyl or cyclic N) is 1. The van der Waals surface area contributed by atoms with Gasteiger partial charge in [0, 0.05) is 13.1 Å². The van der Waals surface area contributed by atoms with Gasteiger partial charge in [0.15, 0.2) is 0 Å². The van der Waals surface area contributed by atoms with Gasteiger partial charge in [-0.1, -0.05) is 60.7 Å². The second-order valence-corrected chi connectivity index (χ2v) is 6.91. The van der Waals surface area contributed by atoms with Crippen LogP contribution in [0.5, 0.6) is 0 Å². The highest BCUT2D eigenvalue weighted by Crippen LogP contribution is 2.36. The summed E-state index contributed by atoms with van der Waals surface area (Å²) >= 11 is 0. The molecule has 2 unspecified atom stereocenters. The molecule has 0 aliphatic carbocycles. The summed E-state index contributed by atoms with van der Waals surface area (Å²) in [7, 11) is 0. The van der Waals surface area contributed by atoms with Crippen LogP contribution in [0, 0.1) is 11.6 Å². The maximum atomic E-state index is 14.1. The summed E-state index contributed by atoms with van der Waals surface area (Å²) in [6.07, 6.45) is -0.394. The Morgan fingerprint density at radius 2 is 1.56 bits per heavy atom. The Morgan fingerprint density at radius 3 is 2.30 bits per heavy atom. The zero-order valence-corrected chi connectivity index (χ0v) is 14.9. The molecular weight excluding hydrogens is 344 g/mol. The van der Waals surface area contributed by atoms with E-state index in [1.807, 2.05) is 30.3 Å². The third-order valence-corrected chi connectivity index (χ3v) is 5.24. The number of aliphatic hydroxyl groups is 1. The van der Waals surface area contributed by atoms with Crippen LogP contribution in [-0.4, -0.2) is 23.1 Å². The molecule has 27 heavy (non-hydrogen) atoms. The van der Waals surface area contributed by atoms with E-state index >= 15 is 0 Å². The summed E-state index contributed by atoms with van der Waals surface area (Å²) in [4.78, 5) is 2.11. The maximum absolute atomic E-state index is 14.1. The molecule has 4 rings (SSSR count). The van der Waals surface area contributed by atoms with Crippen molar-refractivity contribution < 1.29 is 13.9 Å². The van der Waals surface area contributed by atoms with Crippen LogP contribution in [-0.2, 0) is 6.42 Å². The molecule has 0 saturated heterocycles. The highest BCUT2D eigenvalue weighted by molar-refractivity contribution is 5.39. The molecule has 0 fully saturated rings. The number of aliphatic hydroxyl groups excluding tert-OH is 1. The molecule has 1 aliphatic rings. The molecule has 1 aliphatic heterocycles. The first-order valence-corrected chi connectivity index (χ1v) is 9.14. The Bertz CT molecular complexity index is 908. The fourth-order valence-corrected chi connectivity index (χ4v) is 3.98. The lowest BCUT2D eigenvalue weighted by atomic mass is 9.87. The fraction of sp³-hybridized carbons (Fsp3) is 0.217. The zero-order valence-electron chi connectivity index (χ0n) is 14.9. The van der Waals surface area contributed by atoms with Gasteiger partial charge in [-0.05, 0) is 35.2 Å². The molecule has 0 bridgehead atoms. The van der Waals surface area contributed by atoms with Crippen LogP contribution in [0.25, 0.3) is 0 Å². The van der Waals surface area contributed by atoms with E-state index in [1.54, 1.807) is 0 Å². The number of benzene rings is 3. The molecule has 2 atom stereocenters. The number of rotatable bonds is 4. The second kappa shape index (κ2) is 7.59. The molecule has 3 aromatic rings. The molecule has 0 amide bonds. The van der Waals surface area contributed by atoms with Gasteiger partial charge in [0.05, 0.1) is 17.7 Å². The molecule has 0 radical (unpaired) electrons. The Kier molecular flexibility index (Phi) is 5.01. The first kappa shape index (κ1) is 17.8. The number of hydrogen-bond acceptors (Lipinski definition) is 2. The van der Waals surface area contributed by atoms with Crippen molar-refractivity contribution in [3.8, 4) is 0 Å². The largest absolute Gasteiger partial charge is 0.387 e. The van der Waals surface area contributed by atoms with Gasteiger partial charge in [0.25, 0.3) is 0 Å². The van der Waals surface area contributed by atoms with Gasteiger partial charge in [-0.25, -0.2) is 8.78 Å². The first-order chi connectivity index (χ1) is 13.1. The van der Waals surface area contributed by atoms with Gasteiger partial charge >= 0.3 is 0 Å². The lowest BCUT2D eigenvalue weighted by molar-refractivity contribution is 0.0870. The van der Waals surface area contributed by atoms with Crippen LogP contribution in [0.4, 0.5) is 8.78 Å². The number of fused-ring (bicyclic) bond motifs is 1. The van der Waals surface area contributed by atoms with Crippen LogP contribution in [0.3, 0.4) is 0 Å². The van der Waals surface area contributed by atoms with E-state index in [0.717, 1.165) is 12.0 Å². The SMILES string of the molecule is OC(CN1CCc2ccccc2C1c1ccccc1)c1c(F)cccc1F. The zero-order chi connectivity index (χ0) is 18.8. The Hall–Kier alpha value is -2.56. The van der Waals surface area contributed by atoms with Gasteiger partial charge in [-0.3, -0.25) is 4.90 Å². The van der Waals surface area contributed by atoms with Crippen LogP contribution in [0.1, 0.15) is 34.4 Å². The van der Waals surface area contributed by atoms with Gasteiger partial charge in [-0.2, -0.15) is 0 Å². The Morgan fingerprint density at radius 1 is 0.889 bits per heavy atom. The van der Waals surface area contributed by atoms with Crippen molar-refractivity contribution >= 4 is 0 Å². The van der Waals surface area contributed by atoms with Crippen molar-refractivity contribution in [2.45, 2.75) is 18.6 Å². The molecule has 0 saturated carbocycles. The van der Waals surface area contributed by atoms with Crippen LogP contribution in [0.15, 0.2) is 72.8 Å². The number of nitrogens with zero attached hydrogens (tertiary/aromatic N) is 1. The van der Waals surface area contributed by atoms with Crippen molar-refractivity contribution in [1.82, 2.24) is 4.90 Å². The third kappa shape index (κ3) is 3.51. The minimum absolute atomic E-state index is 0.0550. The van der Waals surface area contributed by atoms with Crippen molar-refractivity contribution in [2.75, 3.05) is 13.1 Å². The van der Waals surface area contributed by atoms with Crippen LogP contribution in [0.2, 0.25) is 0 Å². The predicted octanol–water partition coefficient (Wildman–Crippen LogP) is 4.65. The highest BCUT2D eigenvalue weighted by Gasteiger charge is 2.31. The van der Waals surface area contributed by atoms with Gasteiger partial charge < -0.3 is 5.11 Å². The molecule has 3 aromatic carbocycles. The number of halogens is 2. The van der Waals surface area contributed by atoms with E-state index in [2.05, 4.69) is 29.2 Å². The lowest BCUT2D eigenvalue weighted by Gasteiger charge is -2.38. The van der Waals surface area contributed by atoms with Gasteiger partial charge in [-0.15, -0.1) is 0 Å². The standard InChI is InChI=1S/C23H21F2NO/c24-19-11-6-12-20(25)22(19)21(27)15-26-14-13-16-7-4-5-10-18(16)23(26)17-8-2-1-3-9-17/h1-12,21,23,27H,13-15H2. The Balaban J connectivity index is 1.69. The van der Waals surface area contributed by atoms with E-state index < -0.39 is 17.7 Å². The molecular formula is C23H21F2NO. The summed E-state index contributed by atoms with van der Waals surface area (Å²) in [5, 5.41) is 10.6. The average molecular weight is 365 g/mol. The summed E-state index contributed by atoms with van der Waals surface area (Å²) in [5.41, 5.74) is 3.29. The monoisotopic (exact) mass is 365 g/mol. The van der Waals surface area contributed by atoms with Crippen LogP contribution < -0.4 is 0 Å². The minimum atomic E-state index is -1.23. The molecule has 2 nitrogen and oxygen atoms in total.